The summed E-state index contributed by atoms with van der Waals surface area (Å²) in [5, 5.41) is 7.56. The van der Waals surface area contributed by atoms with Gasteiger partial charge in [0, 0.05) is 36.7 Å². The molecule has 2 rings (SSSR count). The Morgan fingerprint density at radius 3 is 2.42 bits per heavy atom. The van der Waals surface area contributed by atoms with E-state index in [4.69, 9.17) is 0 Å². The summed E-state index contributed by atoms with van der Waals surface area (Å²) in [6, 6.07) is 0. The molecule has 2 aromatic rings. The van der Waals surface area contributed by atoms with Gasteiger partial charge in [0.15, 0.2) is 5.82 Å². The van der Waals surface area contributed by atoms with Crippen LogP contribution in [0.2, 0.25) is 0 Å². The predicted molar refractivity (Wildman–Crippen MR) is 75.7 cm³/mol. The summed E-state index contributed by atoms with van der Waals surface area (Å²) in [6.07, 6.45) is 4.86. The van der Waals surface area contributed by atoms with E-state index in [0.29, 0.717) is 0 Å². The van der Waals surface area contributed by atoms with E-state index in [-0.39, 0.29) is 0 Å². The van der Waals surface area contributed by atoms with E-state index in [2.05, 4.69) is 27.3 Å². The Bertz CT molecular complexity index is 536. The van der Waals surface area contributed by atoms with Crippen molar-refractivity contribution in [1.29, 1.82) is 0 Å². The van der Waals surface area contributed by atoms with Crippen LogP contribution in [0.5, 0.6) is 0 Å². The zero-order valence-corrected chi connectivity index (χ0v) is 12.1. The van der Waals surface area contributed by atoms with Gasteiger partial charge in [-0.05, 0) is 26.8 Å². The molecule has 0 bridgehead atoms. The number of hydrogen-bond donors (Lipinski definition) is 1. The molecule has 0 aliphatic carbocycles. The highest BCUT2D eigenvalue weighted by molar-refractivity contribution is 5.53. The van der Waals surface area contributed by atoms with Gasteiger partial charge in [0.25, 0.3) is 0 Å². The first-order chi connectivity index (χ1) is 9.11. The van der Waals surface area contributed by atoms with Crippen LogP contribution < -0.4 is 5.32 Å². The van der Waals surface area contributed by atoms with E-state index in [1.807, 2.05) is 27.1 Å². The third kappa shape index (κ3) is 3.17. The van der Waals surface area contributed by atoms with Crippen LogP contribution >= 0.6 is 0 Å². The zero-order chi connectivity index (χ0) is 13.8. The lowest BCUT2D eigenvalue weighted by atomic mass is 10.1. The first kappa shape index (κ1) is 13.7. The van der Waals surface area contributed by atoms with Gasteiger partial charge in [-0.2, -0.15) is 5.10 Å². The quantitative estimate of drug-likeness (QED) is 0.834. The summed E-state index contributed by atoms with van der Waals surface area (Å²) >= 11 is 0. The monoisotopic (exact) mass is 259 g/mol. The summed E-state index contributed by atoms with van der Waals surface area (Å²) in [7, 11) is 1.90. The fourth-order valence-corrected chi connectivity index (χ4v) is 2.05. The van der Waals surface area contributed by atoms with Crippen molar-refractivity contribution in [3.8, 4) is 11.4 Å². The minimum absolute atomic E-state index is 0.752. The van der Waals surface area contributed by atoms with Crippen LogP contribution in [-0.2, 0) is 13.6 Å². The van der Waals surface area contributed by atoms with Crippen LogP contribution in [0.3, 0.4) is 0 Å². The summed E-state index contributed by atoms with van der Waals surface area (Å²) < 4.78 is 1.76. The number of nitrogens with zero attached hydrogens (tertiary/aromatic N) is 4. The van der Waals surface area contributed by atoms with Gasteiger partial charge in [0.05, 0.1) is 11.8 Å². The molecule has 1 N–H and O–H groups in total. The van der Waals surface area contributed by atoms with E-state index < -0.39 is 0 Å². The van der Waals surface area contributed by atoms with E-state index >= 15 is 0 Å². The molecule has 0 radical (unpaired) electrons. The first-order valence-electron chi connectivity index (χ1n) is 6.65. The normalized spacial score (nSPS) is 10.9. The molecule has 102 valence electrons. The van der Waals surface area contributed by atoms with Gasteiger partial charge >= 0.3 is 0 Å². The number of hydrogen-bond acceptors (Lipinski definition) is 4. The third-order valence-electron chi connectivity index (χ3n) is 3.11. The van der Waals surface area contributed by atoms with Gasteiger partial charge in [0.2, 0.25) is 0 Å². The molecule has 0 fully saturated rings. The minimum Gasteiger partial charge on any atom is -0.313 e. The van der Waals surface area contributed by atoms with Crippen LogP contribution in [0.25, 0.3) is 11.4 Å². The maximum Gasteiger partial charge on any atom is 0.162 e. The molecule has 5 heteroatoms. The fourth-order valence-electron chi connectivity index (χ4n) is 2.05. The van der Waals surface area contributed by atoms with E-state index in [9.17, 15) is 0 Å². The lowest BCUT2D eigenvalue weighted by Gasteiger charge is -2.10. The molecule has 0 saturated carbocycles. The molecule has 5 nitrogen and oxygen atoms in total. The SMILES string of the molecule is CCCNCc1c(C)nc(-c2cnn(C)c2)nc1C. The number of rotatable bonds is 5. The first-order valence-corrected chi connectivity index (χ1v) is 6.65. The molecule has 2 heterocycles. The zero-order valence-electron chi connectivity index (χ0n) is 12.1. The van der Waals surface area contributed by atoms with Gasteiger partial charge in [-0.15, -0.1) is 0 Å². The Morgan fingerprint density at radius 1 is 1.21 bits per heavy atom. The van der Waals surface area contributed by atoms with Crippen molar-refractivity contribution in [2.24, 2.45) is 7.05 Å². The second kappa shape index (κ2) is 5.93. The largest absolute Gasteiger partial charge is 0.313 e. The lowest BCUT2D eigenvalue weighted by Crippen LogP contribution is -2.17. The number of aromatic nitrogens is 4. The van der Waals surface area contributed by atoms with Crippen molar-refractivity contribution in [3.05, 3.63) is 29.3 Å². The summed E-state index contributed by atoms with van der Waals surface area (Å²) in [4.78, 5) is 9.18. The molecule has 0 aliphatic heterocycles. The molecule has 2 aromatic heterocycles. The highest BCUT2D eigenvalue weighted by atomic mass is 15.2. The highest BCUT2D eigenvalue weighted by Gasteiger charge is 2.10. The second-order valence-corrected chi connectivity index (χ2v) is 4.78. The number of aryl methyl sites for hydroxylation is 3. The van der Waals surface area contributed by atoms with E-state index in [0.717, 1.165) is 42.3 Å². The van der Waals surface area contributed by atoms with Crippen LogP contribution in [0, 0.1) is 13.8 Å². The third-order valence-corrected chi connectivity index (χ3v) is 3.11. The maximum atomic E-state index is 4.59. The van der Waals surface area contributed by atoms with Crippen molar-refractivity contribution in [2.45, 2.75) is 33.7 Å². The van der Waals surface area contributed by atoms with Crippen LogP contribution in [0.4, 0.5) is 0 Å². The summed E-state index contributed by atoms with van der Waals surface area (Å²) in [5.74, 6) is 0.752. The smallest absolute Gasteiger partial charge is 0.162 e. The molecule has 0 aliphatic rings. The molecule has 0 saturated heterocycles. The predicted octanol–water partition coefficient (Wildman–Crippen LogP) is 1.99. The van der Waals surface area contributed by atoms with Crippen molar-refractivity contribution >= 4 is 0 Å². The average molecular weight is 259 g/mol. The van der Waals surface area contributed by atoms with Gasteiger partial charge in [-0.3, -0.25) is 4.68 Å². The second-order valence-electron chi connectivity index (χ2n) is 4.78. The molecule has 19 heavy (non-hydrogen) atoms. The van der Waals surface area contributed by atoms with Gasteiger partial charge in [-0.1, -0.05) is 6.92 Å². The molecule has 0 unspecified atom stereocenters. The average Bonchev–Trinajstić information content (AvgIpc) is 2.79. The van der Waals surface area contributed by atoms with Gasteiger partial charge in [0.1, 0.15) is 0 Å². The lowest BCUT2D eigenvalue weighted by molar-refractivity contribution is 0.665. The molecule has 0 atom stereocenters. The Kier molecular flexibility index (Phi) is 4.27. The van der Waals surface area contributed by atoms with E-state index in [1.54, 1.807) is 10.9 Å². The number of nitrogens with one attached hydrogen (secondary N) is 1. The van der Waals surface area contributed by atoms with E-state index in [1.165, 1.54) is 5.56 Å². The fraction of sp³-hybridized carbons (Fsp3) is 0.500. The van der Waals surface area contributed by atoms with Crippen LogP contribution in [0.15, 0.2) is 12.4 Å². The Labute approximate surface area is 114 Å². The Hall–Kier alpha value is -1.75. The van der Waals surface area contributed by atoms with Gasteiger partial charge < -0.3 is 5.32 Å². The van der Waals surface area contributed by atoms with Crippen molar-refractivity contribution in [3.63, 3.8) is 0 Å². The maximum absolute atomic E-state index is 4.59. The molecule has 0 aromatic carbocycles. The van der Waals surface area contributed by atoms with Crippen LogP contribution in [-0.4, -0.2) is 26.3 Å². The Morgan fingerprint density at radius 2 is 1.89 bits per heavy atom. The summed E-state index contributed by atoms with van der Waals surface area (Å²) in [6.45, 7) is 8.09. The minimum atomic E-state index is 0.752. The van der Waals surface area contributed by atoms with Crippen molar-refractivity contribution < 1.29 is 0 Å². The van der Waals surface area contributed by atoms with Gasteiger partial charge in [-0.25, -0.2) is 9.97 Å². The topological polar surface area (TPSA) is 55.6 Å². The Balaban J connectivity index is 2.26. The molecule has 0 amide bonds. The van der Waals surface area contributed by atoms with Crippen molar-refractivity contribution in [1.82, 2.24) is 25.1 Å². The molecular formula is C14H21N5. The van der Waals surface area contributed by atoms with Crippen molar-refractivity contribution in [2.75, 3.05) is 6.54 Å². The molecular weight excluding hydrogens is 238 g/mol. The summed E-state index contributed by atoms with van der Waals surface area (Å²) in [5.41, 5.74) is 4.23. The highest BCUT2D eigenvalue weighted by Crippen LogP contribution is 2.18. The standard InChI is InChI=1S/C14H21N5/c1-5-6-15-8-13-10(2)17-14(18-11(13)3)12-7-16-19(4)9-12/h7,9,15H,5-6,8H2,1-4H3. The van der Waals surface area contributed by atoms with Crippen LogP contribution in [0.1, 0.15) is 30.3 Å². The molecule has 0 spiro atoms.